The number of terminal acetylenes is 1. The number of ether oxygens (including phenoxy) is 1. The Hall–Kier alpha value is -1.79. The van der Waals surface area contributed by atoms with E-state index in [9.17, 15) is 4.79 Å². The Morgan fingerprint density at radius 2 is 2.18 bits per heavy atom. The Morgan fingerprint density at radius 3 is 2.76 bits per heavy atom. The monoisotopic (exact) mass is 231 g/mol. The van der Waals surface area contributed by atoms with Gasteiger partial charge in [-0.2, -0.15) is 0 Å². The lowest BCUT2D eigenvalue weighted by Crippen LogP contribution is -2.40. The zero-order valence-corrected chi connectivity index (χ0v) is 9.98. The van der Waals surface area contributed by atoms with Crippen molar-refractivity contribution >= 4 is 5.97 Å². The Balaban J connectivity index is 2.63. The van der Waals surface area contributed by atoms with E-state index in [1.54, 1.807) is 6.92 Å². The fourth-order valence-electron chi connectivity index (χ4n) is 1.51. The molecule has 0 aliphatic rings. The third-order valence-electron chi connectivity index (χ3n) is 2.30. The summed E-state index contributed by atoms with van der Waals surface area (Å²) in [5.74, 6) is 2.20. The molecule has 0 amide bonds. The van der Waals surface area contributed by atoms with E-state index in [1.807, 2.05) is 30.3 Å². The van der Waals surface area contributed by atoms with E-state index in [2.05, 4.69) is 11.2 Å². The van der Waals surface area contributed by atoms with Crippen LogP contribution in [0.2, 0.25) is 0 Å². The highest BCUT2D eigenvalue weighted by molar-refractivity contribution is 5.76. The highest BCUT2D eigenvalue weighted by Crippen LogP contribution is 2.04. The van der Waals surface area contributed by atoms with E-state index in [0.717, 1.165) is 5.56 Å². The van der Waals surface area contributed by atoms with Gasteiger partial charge in [0.25, 0.3) is 0 Å². The van der Waals surface area contributed by atoms with Gasteiger partial charge < -0.3 is 4.74 Å². The van der Waals surface area contributed by atoms with E-state index >= 15 is 0 Å². The lowest BCUT2D eigenvalue weighted by molar-refractivity contribution is -0.145. The van der Waals surface area contributed by atoms with E-state index in [4.69, 9.17) is 11.2 Å². The molecule has 0 saturated carbocycles. The van der Waals surface area contributed by atoms with Gasteiger partial charge in [0.2, 0.25) is 0 Å². The molecule has 1 atom stereocenters. The minimum Gasteiger partial charge on any atom is -0.465 e. The van der Waals surface area contributed by atoms with Gasteiger partial charge in [0.15, 0.2) is 0 Å². The first-order valence-corrected chi connectivity index (χ1v) is 5.65. The van der Waals surface area contributed by atoms with Crippen molar-refractivity contribution in [3.63, 3.8) is 0 Å². The lowest BCUT2D eigenvalue weighted by Gasteiger charge is -2.15. The van der Waals surface area contributed by atoms with Gasteiger partial charge in [-0.1, -0.05) is 36.3 Å². The molecule has 0 bridgehead atoms. The van der Waals surface area contributed by atoms with Gasteiger partial charge in [-0.15, -0.1) is 6.42 Å². The number of esters is 1. The Kier molecular flexibility index (Phi) is 5.84. The molecule has 0 aromatic heterocycles. The van der Waals surface area contributed by atoms with Crippen molar-refractivity contribution in [1.82, 2.24) is 5.32 Å². The van der Waals surface area contributed by atoms with Crippen molar-refractivity contribution in [2.45, 2.75) is 19.4 Å². The summed E-state index contributed by atoms with van der Waals surface area (Å²) in [7, 11) is 0. The number of hydrogen-bond donors (Lipinski definition) is 1. The topological polar surface area (TPSA) is 38.3 Å². The molecular formula is C14H17NO2. The van der Waals surface area contributed by atoms with Crippen LogP contribution >= 0.6 is 0 Å². The Morgan fingerprint density at radius 1 is 1.47 bits per heavy atom. The highest BCUT2D eigenvalue weighted by atomic mass is 16.5. The summed E-state index contributed by atoms with van der Waals surface area (Å²) in [4.78, 5) is 11.7. The molecule has 1 unspecified atom stereocenters. The molecule has 1 rings (SSSR count). The maximum atomic E-state index is 11.7. The first-order chi connectivity index (χ1) is 8.27. The summed E-state index contributed by atoms with van der Waals surface area (Å²) >= 11 is 0. The minimum atomic E-state index is -0.381. The van der Waals surface area contributed by atoms with Crippen LogP contribution in [0.3, 0.4) is 0 Å². The highest BCUT2D eigenvalue weighted by Gasteiger charge is 2.18. The van der Waals surface area contributed by atoms with Crippen molar-refractivity contribution in [3.05, 3.63) is 35.9 Å². The number of carbonyl (C=O) groups is 1. The second-order valence-electron chi connectivity index (χ2n) is 3.58. The smallest absolute Gasteiger partial charge is 0.323 e. The Bertz CT molecular complexity index is 381. The molecule has 1 aromatic carbocycles. The van der Waals surface area contributed by atoms with Crippen LogP contribution < -0.4 is 5.32 Å². The average Bonchev–Trinajstić information content (AvgIpc) is 2.36. The van der Waals surface area contributed by atoms with Gasteiger partial charge in [-0.3, -0.25) is 10.1 Å². The normalized spacial score (nSPS) is 11.5. The second kappa shape index (κ2) is 7.48. The third-order valence-corrected chi connectivity index (χ3v) is 2.30. The van der Waals surface area contributed by atoms with Gasteiger partial charge in [0.1, 0.15) is 6.04 Å². The molecule has 90 valence electrons. The van der Waals surface area contributed by atoms with Crippen LogP contribution in [0.4, 0.5) is 0 Å². The predicted octanol–water partition coefficient (Wildman–Crippen LogP) is 1.38. The van der Waals surface area contributed by atoms with Crippen molar-refractivity contribution in [2.75, 3.05) is 13.2 Å². The molecule has 3 heteroatoms. The fourth-order valence-corrected chi connectivity index (χ4v) is 1.51. The zero-order chi connectivity index (χ0) is 12.5. The van der Waals surface area contributed by atoms with E-state index in [-0.39, 0.29) is 12.0 Å². The van der Waals surface area contributed by atoms with Crippen LogP contribution in [-0.4, -0.2) is 25.2 Å². The van der Waals surface area contributed by atoms with Crippen LogP contribution in [0.1, 0.15) is 12.5 Å². The Labute approximate surface area is 102 Å². The van der Waals surface area contributed by atoms with Crippen LogP contribution in [0, 0.1) is 12.3 Å². The molecule has 0 heterocycles. The molecule has 0 spiro atoms. The SMILES string of the molecule is C#CCNC(Cc1ccccc1)C(=O)OCC. The van der Waals surface area contributed by atoms with E-state index in [0.29, 0.717) is 19.6 Å². The van der Waals surface area contributed by atoms with Crippen molar-refractivity contribution in [1.29, 1.82) is 0 Å². The van der Waals surface area contributed by atoms with Crippen LogP contribution in [0.25, 0.3) is 0 Å². The van der Waals surface area contributed by atoms with Crippen LogP contribution in [0.15, 0.2) is 30.3 Å². The predicted molar refractivity (Wildman–Crippen MR) is 67.4 cm³/mol. The van der Waals surface area contributed by atoms with Gasteiger partial charge in [0.05, 0.1) is 13.2 Å². The first kappa shape index (κ1) is 13.3. The summed E-state index contributed by atoms with van der Waals surface area (Å²) in [6.07, 6.45) is 5.76. The molecule has 1 aromatic rings. The van der Waals surface area contributed by atoms with Crippen molar-refractivity contribution < 1.29 is 9.53 Å². The van der Waals surface area contributed by atoms with Crippen LogP contribution in [-0.2, 0) is 16.0 Å². The molecule has 0 aliphatic heterocycles. The molecule has 3 nitrogen and oxygen atoms in total. The summed E-state index contributed by atoms with van der Waals surface area (Å²) in [5, 5.41) is 2.99. The van der Waals surface area contributed by atoms with Gasteiger partial charge in [-0.25, -0.2) is 0 Å². The molecule has 17 heavy (non-hydrogen) atoms. The fraction of sp³-hybridized carbons (Fsp3) is 0.357. The molecular weight excluding hydrogens is 214 g/mol. The largest absolute Gasteiger partial charge is 0.465 e. The molecule has 0 saturated heterocycles. The van der Waals surface area contributed by atoms with Gasteiger partial charge in [-0.05, 0) is 18.9 Å². The molecule has 0 radical (unpaired) electrons. The maximum absolute atomic E-state index is 11.7. The molecule has 0 aliphatic carbocycles. The summed E-state index contributed by atoms with van der Waals surface area (Å²) in [6.45, 7) is 2.52. The number of nitrogens with one attached hydrogen (secondary N) is 1. The van der Waals surface area contributed by atoms with Crippen molar-refractivity contribution in [2.24, 2.45) is 0 Å². The van der Waals surface area contributed by atoms with E-state index < -0.39 is 0 Å². The number of rotatable bonds is 6. The third kappa shape index (κ3) is 4.71. The quantitative estimate of drug-likeness (QED) is 0.594. The lowest BCUT2D eigenvalue weighted by atomic mass is 10.1. The van der Waals surface area contributed by atoms with E-state index in [1.165, 1.54) is 0 Å². The summed E-state index contributed by atoms with van der Waals surface area (Å²) in [6, 6.07) is 9.40. The number of benzene rings is 1. The summed E-state index contributed by atoms with van der Waals surface area (Å²) < 4.78 is 5.00. The maximum Gasteiger partial charge on any atom is 0.323 e. The zero-order valence-electron chi connectivity index (χ0n) is 9.98. The summed E-state index contributed by atoms with van der Waals surface area (Å²) in [5.41, 5.74) is 1.08. The average molecular weight is 231 g/mol. The first-order valence-electron chi connectivity index (χ1n) is 5.65. The minimum absolute atomic E-state index is 0.258. The van der Waals surface area contributed by atoms with Gasteiger partial charge in [0, 0.05) is 0 Å². The van der Waals surface area contributed by atoms with Crippen molar-refractivity contribution in [3.8, 4) is 12.3 Å². The number of carbonyl (C=O) groups excluding carboxylic acids is 1. The van der Waals surface area contributed by atoms with Gasteiger partial charge >= 0.3 is 5.97 Å². The molecule has 1 N–H and O–H groups in total. The van der Waals surface area contributed by atoms with Crippen LogP contribution in [0.5, 0.6) is 0 Å². The standard InChI is InChI=1S/C14H17NO2/c1-3-10-15-13(14(16)17-4-2)11-12-8-6-5-7-9-12/h1,5-9,13,15H,4,10-11H2,2H3. The number of hydrogen-bond acceptors (Lipinski definition) is 3. The molecule has 0 fully saturated rings. The second-order valence-corrected chi connectivity index (χ2v) is 3.58.